The van der Waals surface area contributed by atoms with Gasteiger partial charge in [0, 0.05) is 34.6 Å². The molecule has 0 aliphatic heterocycles. The quantitative estimate of drug-likeness (QED) is 0.0820. The molecule has 1 radical (unpaired) electrons. The predicted molar refractivity (Wildman–Crippen MR) is 212 cm³/mol. The first-order valence-corrected chi connectivity index (χ1v) is 20.2. The molecule has 0 aliphatic rings. The number of azo groups is 2. The van der Waals surface area contributed by atoms with E-state index in [1.165, 1.54) is 69.4 Å². The Morgan fingerprint density at radius 1 is 0.632 bits per heavy atom. The average molecular weight is 860 g/mol. The molecule has 299 valence electrons. The normalized spacial score (nSPS) is 11.6. The first kappa shape index (κ1) is 43.6. The molecule has 0 aliphatic carbocycles. The van der Waals surface area contributed by atoms with Crippen molar-refractivity contribution < 1.29 is 65.0 Å². The van der Waals surface area contributed by atoms with Gasteiger partial charge in [-0.1, -0.05) is 68.4 Å². The Morgan fingerprint density at radius 2 is 1.12 bits per heavy atom. The van der Waals surface area contributed by atoms with Crippen LogP contribution in [-0.4, -0.2) is 61.9 Å². The van der Waals surface area contributed by atoms with Gasteiger partial charge < -0.3 is 30.5 Å². The Balaban J connectivity index is 0.000000306. The molecule has 0 heterocycles. The number of phenols is 4. The summed E-state index contributed by atoms with van der Waals surface area (Å²) in [6, 6.07) is 26.6. The Kier molecular flexibility index (Phi) is 14.3. The molecule has 18 heteroatoms. The zero-order chi connectivity index (χ0) is 40.6. The van der Waals surface area contributed by atoms with Crippen molar-refractivity contribution in [2.75, 3.05) is 18.6 Å². The van der Waals surface area contributed by atoms with Gasteiger partial charge in [-0.15, -0.1) is 20.5 Å². The van der Waals surface area contributed by atoms with Crippen LogP contribution in [0.3, 0.4) is 0 Å². The maximum absolute atomic E-state index is 12.1. The molecule has 6 aromatic rings. The van der Waals surface area contributed by atoms with Crippen LogP contribution in [0.2, 0.25) is 0 Å². The average Bonchev–Trinajstić information content (AvgIpc) is 3.20. The van der Waals surface area contributed by atoms with Gasteiger partial charge in [-0.2, -0.15) is 0 Å². The van der Waals surface area contributed by atoms with Crippen LogP contribution in [0.1, 0.15) is 20.8 Å². The van der Waals surface area contributed by atoms with Crippen molar-refractivity contribution in [1.29, 1.82) is 0 Å². The molecular weight excluding hydrogens is 822 g/mol. The molecule has 0 bridgehead atoms. The van der Waals surface area contributed by atoms with Gasteiger partial charge in [0.1, 0.15) is 52.4 Å². The Bertz CT molecular complexity index is 2730. The van der Waals surface area contributed by atoms with Crippen molar-refractivity contribution in [3.63, 3.8) is 0 Å². The number of alkyl carbamates (subject to hydrolysis) is 1. The van der Waals surface area contributed by atoms with Gasteiger partial charge in [-0.05, 0) is 64.9 Å². The third-order valence-electron chi connectivity index (χ3n) is 8.41. The molecule has 57 heavy (non-hydrogen) atoms. The fourth-order valence-corrected chi connectivity index (χ4v) is 7.10. The number of rotatable bonds is 10. The molecule has 0 saturated heterocycles. The van der Waals surface area contributed by atoms with Crippen LogP contribution in [-0.2, 0) is 47.8 Å². The summed E-state index contributed by atoms with van der Waals surface area (Å²) < 4.78 is 53.3. The Hall–Kier alpha value is -6.08. The number of nitrogens with one attached hydrogen (secondary N) is 1. The second kappa shape index (κ2) is 18.7. The molecule has 0 spiro atoms. The molecule has 0 saturated carbocycles. The van der Waals surface area contributed by atoms with Crippen molar-refractivity contribution in [2.24, 2.45) is 20.5 Å². The van der Waals surface area contributed by atoms with E-state index in [0.29, 0.717) is 16.3 Å². The van der Waals surface area contributed by atoms with E-state index in [2.05, 4.69) is 25.8 Å². The van der Waals surface area contributed by atoms with Gasteiger partial charge in [0.25, 0.3) is 0 Å². The number of fused-ring (bicyclic) bond motifs is 2. The van der Waals surface area contributed by atoms with Gasteiger partial charge in [0.2, 0.25) is 0 Å². The topological polar surface area (TPSA) is 237 Å². The first-order valence-electron chi connectivity index (χ1n) is 16.9. The van der Waals surface area contributed by atoms with Crippen LogP contribution >= 0.6 is 0 Å². The summed E-state index contributed by atoms with van der Waals surface area (Å²) in [5.74, 6) is -0.856. The van der Waals surface area contributed by atoms with E-state index in [4.69, 9.17) is 4.74 Å². The van der Waals surface area contributed by atoms with Crippen molar-refractivity contribution in [3.05, 3.63) is 109 Å². The molecule has 0 aromatic heterocycles. The Labute approximate surface area is 339 Å². The molecule has 6 aromatic carbocycles. The molecule has 6 rings (SSSR count). The number of hydrogen-bond acceptors (Lipinski definition) is 14. The maximum atomic E-state index is 12.1. The number of benzene rings is 6. The number of nitrogens with zero attached hydrogens (tertiary/aromatic N) is 4. The van der Waals surface area contributed by atoms with E-state index in [9.17, 15) is 42.1 Å². The summed E-state index contributed by atoms with van der Waals surface area (Å²) in [7, 11) is -5.49. The summed E-state index contributed by atoms with van der Waals surface area (Å²) in [5.41, 5.74) is 0.877. The number of carbonyl (C=O) groups is 1. The van der Waals surface area contributed by atoms with Gasteiger partial charge in [-0.3, -0.25) is 0 Å². The van der Waals surface area contributed by atoms with Crippen LogP contribution in [0.4, 0.5) is 27.5 Å². The predicted octanol–water partition coefficient (Wildman–Crippen LogP) is 8.89. The largest absolute Gasteiger partial charge is 1.00 e. The molecule has 0 fully saturated rings. The number of hydrogen-bond donors (Lipinski definition) is 5. The molecule has 0 unspecified atom stereocenters. The van der Waals surface area contributed by atoms with E-state index >= 15 is 0 Å². The minimum absolute atomic E-state index is 0. The van der Waals surface area contributed by atoms with E-state index in [0.717, 1.165) is 10.8 Å². The van der Waals surface area contributed by atoms with E-state index in [-0.39, 0.29) is 91.9 Å². The zero-order valence-electron chi connectivity index (χ0n) is 31.6. The van der Waals surface area contributed by atoms with E-state index in [1.54, 1.807) is 36.4 Å². The maximum Gasteiger partial charge on any atom is 1.00 e. The summed E-state index contributed by atoms with van der Waals surface area (Å²) in [5, 5.41) is 61.7. The number of aromatic hydroxyl groups is 4. The van der Waals surface area contributed by atoms with Crippen molar-refractivity contribution in [2.45, 2.75) is 30.2 Å². The SMILES string of the molecule is CCS(=O)(=O)c1ccc(O)c(N=Nc2c(O)ccc3cccc(COC(=O)NC)c23)c1.CCS(=O)(=O)c1ccc(O)c(N=Nc2c(O)ccc3ccccc23)c1.[Co].[H+]. The van der Waals surface area contributed by atoms with Gasteiger partial charge in [0.05, 0.1) is 21.3 Å². The molecule has 1 amide bonds. The van der Waals surface area contributed by atoms with Gasteiger partial charge >= 0.3 is 7.52 Å². The number of sulfone groups is 2. The smallest absolute Gasteiger partial charge is 0.506 e. The van der Waals surface area contributed by atoms with Crippen LogP contribution in [0, 0.1) is 0 Å². The number of phenolic OH excluding ortho intramolecular Hbond substituents is 4. The molecular formula is C39H38CoN5O10S2+. The van der Waals surface area contributed by atoms with E-state index < -0.39 is 25.8 Å². The summed E-state index contributed by atoms with van der Waals surface area (Å²) >= 11 is 0. The summed E-state index contributed by atoms with van der Waals surface area (Å²) in [4.78, 5) is 11.5. The van der Waals surface area contributed by atoms with Gasteiger partial charge in [-0.25, -0.2) is 21.6 Å². The second-order valence-electron chi connectivity index (χ2n) is 11.9. The fourth-order valence-electron chi connectivity index (χ4n) is 5.30. The van der Waals surface area contributed by atoms with Crippen molar-refractivity contribution >= 4 is 70.1 Å². The number of amides is 1. The Morgan fingerprint density at radius 3 is 1.68 bits per heavy atom. The van der Waals surface area contributed by atoms with E-state index in [1.807, 2.05) is 18.2 Å². The molecule has 15 nitrogen and oxygen atoms in total. The molecule has 5 N–H and O–H groups in total. The first-order chi connectivity index (χ1) is 26.7. The van der Waals surface area contributed by atoms with Gasteiger partial charge in [0.15, 0.2) is 19.7 Å². The van der Waals surface area contributed by atoms with Crippen LogP contribution < -0.4 is 5.32 Å². The minimum Gasteiger partial charge on any atom is -0.506 e. The summed E-state index contributed by atoms with van der Waals surface area (Å²) in [6.45, 7) is 2.98. The fraction of sp³-hybridized carbons (Fsp3) is 0.154. The molecule has 0 atom stereocenters. The standard InChI is InChI=1S/C21H21N3O6S.C18H16N2O4S.Co/c1-3-31(28,29)15-8-10-17(25)16(11-15)23-24-20-18(26)9-7-13-5-4-6-14(19(13)20)12-30-21(27)22-2;1-2-25(23,24)13-8-10-16(21)15(11-13)19-20-18-14-6-4-3-5-12(14)7-9-17(18)22;/h4-11,25-26H,3,12H2,1-2H3,(H,22,27);3-11,21-22H,2H2,1H3;/p+1. The minimum atomic E-state index is -3.50. The van der Waals surface area contributed by atoms with Crippen molar-refractivity contribution in [1.82, 2.24) is 5.32 Å². The third-order valence-corrected chi connectivity index (χ3v) is 11.9. The zero-order valence-corrected chi connectivity index (χ0v) is 33.3. The third kappa shape index (κ3) is 10.2. The van der Waals surface area contributed by atoms with Crippen LogP contribution in [0.5, 0.6) is 23.0 Å². The second-order valence-corrected chi connectivity index (χ2v) is 16.5. The number of carbonyl (C=O) groups excluding carboxylic acids is 1. The summed E-state index contributed by atoms with van der Waals surface area (Å²) in [6.07, 6.45) is -0.612. The number of ether oxygens (including phenoxy) is 1. The monoisotopic (exact) mass is 859 g/mol. The van der Waals surface area contributed by atoms with Crippen LogP contribution in [0.15, 0.2) is 133 Å². The van der Waals surface area contributed by atoms with Crippen molar-refractivity contribution in [3.8, 4) is 23.0 Å². The van der Waals surface area contributed by atoms with Crippen LogP contribution in [0.25, 0.3) is 21.5 Å².